The molecule has 3 rings (SSSR count). The molecule has 1 atom stereocenters. The van der Waals surface area contributed by atoms with Crippen LogP contribution in [0, 0.1) is 12.8 Å². The Morgan fingerprint density at radius 1 is 1.00 bits per heavy atom. The summed E-state index contributed by atoms with van der Waals surface area (Å²) in [7, 11) is 0. The summed E-state index contributed by atoms with van der Waals surface area (Å²) in [6.07, 6.45) is 0.465. The highest BCUT2D eigenvalue weighted by molar-refractivity contribution is 7.13. The van der Waals surface area contributed by atoms with Crippen molar-refractivity contribution in [1.82, 2.24) is 20.4 Å². The fourth-order valence-electron chi connectivity index (χ4n) is 2.32. The van der Waals surface area contributed by atoms with Gasteiger partial charge in [0.15, 0.2) is 0 Å². The number of hydrogen-bond donors (Lipinski definition) is 2. The molecule has 10 heteroatoms. The maximum atomic E-state index is 12.6. The van der Waals surface area contributed by atoms with E-state index in [1.165, 1.54) is 33.7 Å². The number of rotatable bonds is 7. The summed E-state index contributed by atoms with van der Waals surface area (Å²) in [6, 6.07) is 7.89. The minimum atomic E-state index is -0.547. The Morgan fingerprint density at radius 3 is 2.19 bits per heavy atom. The maximum absolute atomic E-state index is 12.6. The third-order valence-electron chi connectivity index (χ3n) is 3.60. The summed E-state index contributed by atoms with van der Waals surface area (Å²) in [5.74, 6) is -1.10. The molecule has 2 heterocycles. The molecule has 2 aromatic heterocycles. The fourth-order valence-corrected chi connectivity index (χ4v) is 3.23. The summed E-state index contributed by atoms with van der Waals surface area (Å²) in [5, 5.41) is 21.2. The fraction of sp³-hybridized carbons (Fsp3) is 0.250. The Labute approximate surface area is 157 Å². The molecule has 0 aliphatic carbocycles. The van der Waals surface area contributed by atoms with Gasteiger partial charge in [-0.2, -0.15) is 0 Å². The van der Waals surface area contributed by atoms with Crippen LogP contribution in [0.4, 0.5) is 10.3 Å². The normalized spacial score (nSPS) is 11.7. The number of carbonyl (C=O) groups is 2. The molecule has 0 spiro atoms. The van der Waals surface area contributed by atoms with Gasteiger partial charge in [-0.15, -0.1) is 20.4 Å². The van der Waals surface area contributed by atoms with E-state index < -0.39 is 5.92 Å². The molecular formula is C16H16N6O2S2. The smallest absolute Gasteiger partial charge is 0.230 e. The molecule has 8 nitrogen and oxygen atoms in total. The Bertz CT molecular complexity index is 850. The van der Waals surface area contributed by atoms with Crippen LogP contribution >= 0.6 is 22.7 Å². The second kappa shape index (κ2) is 8.59. The van der Waals surface area contributed by atoms with Crippen LogP contribution in [0.5, 0.6) is 0 Å². The maximum Gasteiger partial charge on any atom is 0.230 e. The molecule has 0 fully saturated rings. The lowest BCUT2D eigenvalue weighted by Crippen LogP contribution is -2.29. The molecule has 0 radical (unpaired) electrons. The van der Waals surface area contributed by atoms with Crippen LogP contribution in [-0.4, -0.2) is 32.2 Å². The highest BCUT2D eigenvalue weighted by Crippen LogP contribution is 2.19. The van der Waals surface area contributed by atoms with Gasteiger partial charge in [-0.05, 0) is 18.9 Å². The Balaban J connectivity index is 1.70. The van der Waals surface area contributed by atoms with Crippen molar-refractivity contribution in [1.29, 1.82) is 0 Å². The van der Waals surface area contributed by atoms with E-state index >= 15 is 0 Å². The van der Waals surface area contributed by atoms with Crippen molar-refractivity contribution in [3.63, 3.8) is 0 Å². The number of carbonyl (C=O) groups excluding carboxylic acids is 2. The van der Waals surface area contributed by atoms with Gasteiger partial charge in [0, 0.05) is 6.42 Å². The van der Waals surface area contributed by atoms with E-state index in [4.69, 9.17) is 0 Å². The predicted octanol–water partition coefficient (Wildman–Crippen LogP) is 2.52. The third-order valence-corrected chi connectivity index (χ3v) is 4.82. The van der Waals surface area contributed by atoms with E-state index in [1.54, 1.807) is 0 Å². The number of anilines is 2. The standard InChI is InChI=1S/C16H16N6O2S2/c1-10-2-4-11(5-3-10)6-12(14(24)20-16-22-18-9-26-16)7-13(23)19-15-21-17-8-25-15/h2-5,8-9,12H,6-7H2,1H3,(H,19,21,23)(H,20,22,24). The SMILES string of the molecule is Cc1ccc(CC(CC(=O)Nc2nncs2)C(=O)Nc2nncs2)cc1. The lowest BCUT2D eigenvalue weighted by molar-refractivity contribution is -0.124. The topological polar surface area (TPSA) is 110 Å². The van der Waals surface area contributed by atoms with Crippen LogP contribution in [0.1, 0.15) is 17.5 Å². The van der Waals surface area contributed by atoms with Crippen LogP contribution in [0.2, 0.25) is 0 Å². The van der Waals surface area contributed by atoms with Crippen LogP contribution in [0.25, 0.3) is 0 Å². The molecule has 0 bridgehead atoms. The summed E-state index contributed by atoms with van der Waals surface area (Å²) in [4.78, 5) is 24.9. The van der Waals surface area contributed by atoms with Gasteiger partial charge in [-0.25, -0.2) is 0 Å². The summed E-state index contributed by atoms with van der Waals surface area (Å²) >= 11 is 2.45. The molecule has 0 saturated heterocycles. The zero-order chi connectivity index (χ0) is 18.4. The number of benzene rings is 1. The van der Waals surface area contributed by atoms with Gasteiger partial charge in [0.25, 0.3) is 0 Å². The van der Waals surface area contributed by atoms with E-state index in [-0.39, 0.29) is 18.2 Å². The van der Waals surface area contributed by atoms with Crippen molar-refractivity contribution < 1.29 is 9.59 Å². The number of hydrogen-bond acceptors (Lipinski definition) is 8. The van der Waals surface area contributed by atoms with E-state index in [9.17, 15) is 9.59 Å². The highest BCUT2D eigenvalue weighted by atomic mass is 32.1. The Morgan fingerprint density at radius 2 is 1.62 bits per heavy atom. The molecule has 1 aromatic carbocycles. The van der Waals surface area contributed by atoms with E-state index in [2.05, 4.69) is 31.0 Å². The van der Waals surface area contributed by atoms with Gasteiger partial charge < -0.3 is 10.6 Å². The molecule has 0 aliphatic rings. The first kappa shape index (κ1) is 18.1. The van der Waals surface area contributed by atoms with Gasteiger partial charge in [0.1, 0.15) is 11.0 Å². The van der Waals surface area contributed by atoms with Crippen molar-refractivity contribution in [2.75, 3.05) is 10.6 Å². The van der Waals surface area contributed by atoms with Crippen molar-refractivity contribution in [3.8, 4) is 0 Å². The summed E-state index contributed by atoms with van der Waals surface area (Å²) < 4.78 is 0. The number of amides is 2. The predicted molar refractivity (Wildman–Crippen MR) is 100 cm³/mol. The van der Waals surface area contributed by atoms with Crippen molar-refractivity contribution >= 4 is 44.8 Å². The van der Waals surface area contributed by atoms with Crippen LogP contribution in [0.3, 0.4) is 0 Å². The van der Waals surface area contributed by atoms with Crippen LogP contribution in [-0.2, 0) is 16.0 Å². The second-order valence-corrected chi connectivity index (χ2v) is 7.28. The highest BCUT2D eigenvalue weighted by Gasteiger charge is 2.24. The molecule has 134 valence electrons. The number of aryl methyl sites for hydroxylation is 1. The summed E-state index contributed by atoms with van der Waals surface area (Å²) in [6.45, 7) is 2.00. The van der Waals surface area contributed by atoms with E-state index in [1.807, 2.05) is 31.2 Å². The van der Waals surface area contributed by atoms with Gasteiger partial charge in [-0.3, -0.25) is 9.59 Å². The van der Waals surface area contributed by atoms with Crippen molar-refractivity contribution in [2.24, 2.45) is 5.92 Å². The zero-order valence-electron chi connectivity index (χ0n) is 13.9. The van der Waals surface area contributed by atoms with Crippen molar-refractivity contribution in [2.45, 2.75) is 19.8 Å². The largest absolute Gasteiger partial charge is 0.301 e. The third kappa shape index (κ3) is 5.14. The Hall–Kier alpha value is -2.72. The quantitative estimate of drug-likeness (QED) is 0.644. The molecule has 2 N–H and O–H groups in total. The number of aromatic nitrogens is 4. The Kier molecular flexibility index (Phi) is 5.97. The molecule has 26 heavy (non-hydrogen) atoms. The van der Waals surface area contributed by atoms with Gasteiger partial charge in [0.2, 0.25) is 22.1 Å². The molecule has 1 unspecified atom stereocenters. The molecule has 2 amide bonds. The second-order valence-electron chi connectivity index (χ2n) is 5.62. The number of nitrogens with one attached hydrogen (secondary N) is 2. The van der Waals surface area contributed by atoms with Crippen LogP contribution < -0.4 is 10.6 Å². The molecule has 3 aromatic rings. The monoisotopic (exact) mass is 388 g/mol. The average molecular weight is 388 g/mol. The first-order valence-electron chi connectivity index (χ1n) is 7.79. The first-order chi connectivity index (χ1) is 12.6. The average Bonchev–Trinajstić information content (AvgIpc) is 3.30. The summed E-state index contributed by atoms with van der Waals surface area (Å²) in [5.41, 5.74) is 5.18. The van der Waals surface area contributed by atoms with E-state index in [0.717, 1.165) is 11.1 Å². The van der Waals surface area contributed by atoms with Gasteiger partial charge >= 0.3 is 0 Å². The van der Waals surface area contributed by atoms with E-state index in [0.29, 0.717) is 16.7 Å². The molecular weight excluding hydrogens is 372 g/mol. The first-order valence-corrected chi connectivity index (χ1v) is 9.54. The zero-order valence-corrected chi connectivity index (χ0v) is 15.5. The lowest BCUT2D eigenvalue weighted by Gasteiger charge is -2.15. The minimum Gasteiger partial charge on any atom is -0.301 e. The van der Waals surface area contributed by atoms with Crippen LogP contribution in [0.15, 0.2) is 35.3 Å². The molecule has 0 aliphatic heterocycles. The van der Waals surface area contributed by atoms with Gasteiger partial charge in [0.05, 0.1) is 5.92 Å². The minimum absolute atomic E-state index is 0.0259. The lowest BCUT2D eigenvalue weighted by atomic mass is 9.94. The molecule has 0 saturated carbocycles. The van der Waals surface area contributed by atoms with Crippen molar-refractivity contribution in [3.05, 3.63) is 46.4 Å². The number of nitrogens with zero attached hydrogens (tertiary/aromatic N) is 4. The van der Waals surface area contributed by atoms with Gasteiger partial charge in [-0.1, -0.05) is 52.5 Å².